The van der Waals surface area contributed by atoms with Crippen LogP contribution < -0.4 is 5.32 Å². The molecule has 1 fully saturated rings. The zero-order valence-corrected chi connectivity index (χ0v) is 15.3. The van der Waals surface area contributed by atoms with Gasteiger partial charge < -0.3 is 10.1 Å². The number of hydrogen-bond donors (Lipinski definition) is 1. The van der Waals surface area contributed by atoms with Crippen molar-refractivity contribution >= 4 is 33.7 Å². The molecular weight excluding hydrogens is 328 g/mol. The van der Waals surface area contributed by atoms with Crippen LogP contribution in [0.1, 0.15) is 38.2 Å². The largest absolute Gasteiger partial charge is 0.368 e. The van der Waals surface area contributed by atoms with Gasteiger partial charge in [0.05, 0.1) is 10.9 Å². The number of benzene rings is 1. The quantitative estimate of drug-likeness (QED) is 0.758. The van der Waals surface area contributed by atoms with Gasteiger partial charge in [0.25, 0.3) is 5.91 Å². The normalized spacial score (nSPS) is 17.2. The van der Waals surface area contributed by atoms with Crippen molar-refractivity contribution in [2.75, 3.05) is 11.9 Å². The number of anilines is 1. The maximum atomic E-state index is 12.5. The third-order valence-corrected chi connectivity index (χ3v) is 4.86. The SMILES string of the molecule is CCCCn1nc(NC(=O)C2CCCO2)c2cc3ccc(C)cc3nc21. The molecule has 1 aromatic carbocycles. The molecule has 26 heavy (non-hydrogen) atoms. The van der Waals surface area contributed by atoms with E-state index < -0.39 is 0 Å². The summed E-state index contributed by atoms with van der Waals surface area (Å²) in [7, 11) is 0. The van der Waals surface area contributed by atoms with Gasteiger partial charge in [0.2, 0.25) is 0 Å². The Labute approximate surface area is 152 Å². The van der Waals surface area contributed by atoms with E-state index in [-0.39, 0.29) is 12.0 Å². The molecule has 0 bridgehead atoms. The maximum absolute atomic E-state index is 12.5. The summed E-state index contributed by atoms with van der Waals surface area (Å²) in [6, 6.07) is 8.28. The summed E-state index contributed by atoms with van der Waals surface area (Å²) in [5, 5.41) is 9.54. The average Bonchev–Trinajstić information content (AvgIpc) is 3.27. The number of aromatic nitrogens is 3. The minimum atomic E-state index is -0.373. The highest BCUT2D eigenvalue weighted by molar-refractivity contribution is 6.03. The van der Waals surface area contributed by atoms with Crippen LogP contribution in [0.3, 0.4) is 0 Å². The van der Waals surface area contributed by atoms with Crippen molar-refractivity contribution < 1.29 is 9.53 Å². The Hall–Kier alpha value is -2.47. The monoisotopic (exact) mass is 352 g/mol. The first kappa shape index (κ1) is 17.0. The highest BCUT2D eigenvalue weighted by Crippen LogP contribution is 2.27. The number of nitrogens with zero attached hydrogens (tertiary/aromatic N) is 3. The molecule has 3 heterocycles. The Morgan fingerprint density at radius 1 is 1.38 bits per heavy atom. The van der Waals surface area contributed by atoms with Crippen molar-refractivity contribution in [2.24, 2.45) is 0 Å². The number of hydrogen-bond acceptors (Lipinski definition) is 4. The Morgan fingerprint density at radius 3 is 3.04 bits per heavy atom. The summed E-state index contributed by atoms with van der Waals surface area (Å²) in [6.07, 6.45) is 3.41. The lowest BCUT2D eigenvalue weighted by atomic mass is 10.1. The van der Waals surface area contributed by atoms with Crippen molar-refractivity contribution in [3.63, 3.8) is 0 Å². The number of carbonyl (C=O) groups excluding carboxylic acids is 1. The van der Waals surface area contributed by atoms with E-state index in [0.29, 0.717) is 12.4 Å². The number of unbranched alkanes of at least 4 members (excludes halogenated alkanes) is 1. The summed E-state index contributed by atoms with van der Waals surface area (Å²) in [4.78, 5) is 17.3. The van der Waals surface area contributed by atoms with E-state index in [4.69, 9.17) is 9.72 Å². The number of carbonyl (C=O) groups is 1. The lowest BCUT2D eigenvalue weighted by molar-refractivity contribution is -0.124. The summed E-state index contributed by atoms with van der Waals surface area (Å²) in [6.45, 7) is 5.65. The van der Waals surface area contributed by atoms with E-state index in [9.17, 15) is 4.79 Å². The van der Waals surface area contributed by atoms with E-state index in [1.165, 1.54) is 5.56 Å². The molecule has 1 aliphatic heterocycles. The third-order valence-electron chi connectivity index (χ3n) is 4.86. The van der Waals surface area contributed by atoms with Crippen LogP contribution in [-0.4, -0.2) is 33.4 Å². The predicted molar refractivity (Wildman–Crippen MR) is 102 cm³/mol. The fourth-order valence-corrected chi connectivity index (χ4v) is 3.40. The van der Waals surface area contributed by atoms with Gasteiger partial charge in [0, 0.05) is 18.5 Å². The van der Waals surface area contributed by atoms with Crippen LogP contribution in [0.25, 0.3) is 21.9 Å². The van der Waals surface area contributed by atoms with Gasteiger partial charge in [-0.25, -0.2) is 9.67 Å². The Morgan fingerprint density at radius 2 is 2.27 bits per heavy atom. The number of aryl methyl sites for hydroxylation is 2. The average molecular weight is 352 g/mol. The van der Waals surface area contributed by atoms with Gasteiger partial charge in [-0.15, -0.1) is 0 Å². The molecule has 0 radical (unpaired) electrons. The van der Waals surface area contributed by atoms with E-state index in [0.717, 1.165) is 54.2 Å². The number of amides is 1. The molecule has 136 valence electrons. The van der Waals surface area contributed by atoms with Crippen molar-refractivity contribution in [2.45, 2.75) is 52.2 Å². The summed E-state index contributed by atoms with van der Waals surface area (Å²) >= 11 is 0. The first-order chi connectivity index (χ1) is 12.7. The van der Waals surface area contributed by atoms with Gasteiger partial charge in [0.1, 0.15) is 6.10 Å². The second kappa shape index (κ2) is 7.03. The van der Waals surface area contributed by atoms with Gasteiger partial charge in [-0.05, 0) is 43.9 Å². The molecule has 0 aliphatic carbocycles. The second-order valence-corrected chi connectivity index (χ2v) is 6.97. The van der Waals surface area contributed by atoms with Crippen molar-refractivity contribution in [3.05, 3.63) is 29.8 Å². The van der Waals surface area contributed by atoms with Gasteiger partial charge in [-0.2, -0.15) is 5.10 Å². The molecule has 6 heteroatoms. The van der Waals surface area contributed by atoms with Gasteiger partial charge in [0.15, 0.2) is 11.5 Å². The highest BCUT2D eigenvalue weighted by atomic mass is 16.5. The zero-order chi connectivity index (χ0) is 18.1. The Balaban J connectivity index is 1.77. The van der Waals surface area contributed by atoms with Crippen molar-refractivity contribution in [3.8, 4) is 0 Å². The van der Waals surface area contributed by atoms with Crippen molar-refractivity contribution in [1.82, 2.24) is 14.8 Å². The standard InChI is InChI=1S/C20H24N4O2/c1-3-4-9-24-19-15(12-14-8-7-13(2)11-16(14)21-19)18(23-24)22-20(25)17-6-5-10-26-17/h7-8,11-12,17H,3-6,9-10H2,1-2H3,(H,22,23,25). The maximum Gasteiger partial charge on any atom is 0.254 e. The van der Waals surface area contributed by atoms with Crippen molar-refractivity contribution in [1.29, 1.82) is 0 Å². The number of ether oxygens (including phenoxy) is 1. The third kappa shape index (κ3) is 3.17. The minimum Gasteiger partial charge on any atom is -0.368 e. The number of rotatable bonds is 5. The molecule has 3 aromatic rings. The first-order valence-electron chi connectivity index (χ1n) is 9.36. The van der Waals surface area contributed by atoms with Crippen LogP contribution in [0.5, 0.6) is 0 Å². The number of pyridine rings is 1. The van der Waals surface area contributed by atoms with Crippen LogP contribution in [0.2, 0.25) is 0 Å². The lowest BCUT2D eigenvalue weighted by Crippen LogP contribution is -2.27. The smallest absolute Gasteiger partial charge is 0.254 e. The van der Waals surface area contributed by atoms with Gasteiger partial charge in [-0.1, -0.05) is 25.5 Å². The molecule has 1 unspecified atom stereocenters. The molecule has 1 saturated heterocycles. The van der Waals surface area contributed by atoms with Crippen LogP contribution >= 0.6 is 0 Å². The van der Waals surface area contributed by atoms with Crippen LogP contribution in [-0.2, 0) is 16.1 Å². The molecule has 2 aromatic heterocycles. The fourth-order valence-electron chi connectivity index (χ4n) is 3.40. The molecule has 1 amide bonds. The van der Waals surface area contributed by atoms with Crippen LogP contribution in [0.15, 0.2) is 24.3 Å². The molecule has 0 saturated carbocycles. The molecule has 1 aliphatic rings. The summed E-state index contributed by atoms with van der Waals surface area (Å²) in [5.74, 6) is 0.458. The zero-order valence-electron chi connectivity index (χ0n) is 15.3. The molecule has 6 nitrogen and oxygen atoms in total. The van der Waals surface area contributed by atoms with Crippen LogP contribution in [0, 0.1) is 6.92 Å². The molecule has 1 N–H and O–H groups in total. The Kier molecular flexibility index (Phi) is 4.59. The lowest BCUT2D eigenvalue weighted by Gasteiger charge is -2.08. The summed E-state index contributed by atoms with van der Waals surface area (Å²) < 4.78 is 7.40. The first-order valence-corrected chi connectivity index (χ1v) is 9.36. The van der Waals surface area contributed by atoms with E-state index in [2.05, 4.69) is 48.5 Å². The van der Waals surface area contributed by atoms with Gasteiger partial charge in [-0.3, -0.25) is 4.79 Å². The highest BCUT2D eigenvalue weighted by Gasteiger charge is 2.25. The van der Waals surface area contributed by atoms with E-state index >= 15 is 0 Å². The molecule has 0 spiro atoms. The Bertz CT molecular complexity index is 957. The van der Waals surface area contributed by atoms with E-state index in [1.807, 2.05) is 4.68 Å². The minimum absolute atomic E-state index is 0.117. The number of nitrogens with one attached hydrogen (secondary N) is 1. The molecule has 1 atom stereocenters. The van der Waals surface area contributed by atoms with Gasteiger partial charge >= 0.3 is 0 Å². The molecular formula is C20H24N4O2. The summed E-state index contributed by atoms with van der Waals surface area (Å²) in [5.41, 5.74) is 2.95. The predicted octanol–water partition coefficient (Wildman–Crippen LogP) is 3.81. The number of fused-ring (bicyclic) bond motifs is 2. The van der Waals surface area contributed by atoms with E-state index in [1.54, 1.807) is 0 Å². The van der Waals surface area contributed by atoms with Crippen LogP contribution in [0.4, 0.5) is 5.82 Å². The fraction of sp³-hybridized carbons (Fsp3) is 0.450. The molecule has 4 rings (SSSR count). The second-order valence-electron chi connectivity index (χ2n) is 6.97. The topological polar surface area (TPSA) is 69.0 Å².